The number of hydrogen-bond donors (Lipinski definition) is 2. The average molecular weight is 359 g/mol. The van der Waals surface area contributed by atoms with Gasteiger partial charge in [0, 0.05) is 11.6 Å². The first kappa shape index (κ1) is 15.7. The molecule has 4 rings (SSSR count). The third-order valence-corrected chi connectivity index (χ3v) is 4.32. The van der Waals surface area contributed by atoms with Crippen molar-refractivity contribution in [3.8, 4) is 5.69 Å². The summed E-state index contributed by atoms with van der Waals surface area (Å²) in [5.74, 6) is 1.30. The highest BCUT2D eigenvalue weighted by Crippen LogP contribution is 2.23. The second-order valence-corrected chi connectivity index (χ2v) is 6.24. The molecule has 3 heterocycles. The molecular weight excluding hydrogens is 344 g/mol. The lowest BCUT2D eigenvalue weighted by atomic mass is 10.2. The smallest absolute Gasteiger partial charge is 0.334 e. The highest BCUT2D eigenvalue weighted by Gasteiger charge is 2.24. The molecule has 2 N–H and O–H groups in total. The standard InChI is InChI=1S/C17H15ClN4O3/c18-11-3-1-4-12(7-11)22-15-14(16(23)20-17(22)24)9-21(10-19-15)8-13-5-2-6-25-13/h1-7,19H,8-10H2,(H,20,23,24). The van der Waals surface area contributed by atoms with E-state index in [0.717, 1.165) is 5.76 Å². The van der Waals surface area contributed by atoms with E-state index in [1.165, 1.54) is 4.57 Å². The lowest BCUT2D eigenvalue weighted by molar-refractivity contribution is 0.241. The summed E-state index contributed by atoms with van der Waals surface area (Å²) in [5.41, 5.74) is 0.197. The zero-order valence-corrected chi connectivity index (χ0v) is 13.9. The molecule has 0 atom stereocenters. The van der Waals surface area contributed by atoms with Gasteiger partial charge in [-0.1, -0.05) is 17.7 Å². The van der Waals surface area contributed by atoms with E-state index in [1.807, 2.05) is 17.0 Å². The summed E-state index contributed by atoms with van der Waals surface area (Å²) in [4.78, 5) is 29.1. The SMILES string of the molecule is O=c1[nH]c(=O)n(-c2cccc(Cl)c2)c2c1CN(Cc1ccco1)CN2. The summed E-state index contributed by atoms with van der Waals surface area (Å²) < 4.78 is 6.79. The van der Waals surface area contributed by atoms with Crippen LogP contribution in [0.25, 0.3) is 5.69 Å². The van der Waals surface area contributed by atoms with Gasteiger partial charge in [0.15, 0.2) is 0 Å². The Morgan fingerprint density at radius 3 is 2.84 bits per heavy atom. The van der Waals surface area contributed by atoms with Gasteiger partial charge in [-0.05, 0) is 30.3 Å². The van der Waals surface area contributed by atoms with Gasteiger partial charge in [0.2, 0.25) is 0 Å². The molecule has 0 fully saturated rings. The summed E-state index contributed by atoms with van der Waals surface area (Å²) in [6.07, 6.45) is 1.62. The number of aromatic amines is 1. The van der Waals surface area contributed by atoms with Crippen molar-refractivity contribution in [3.05, 3.63) is 79.8 Å². The fourth-order valence-corrected chi connectivity index (χ4v) is 3.15. The molecule has 0 amide bonds. The van der Waals surface area contributed by atoms with E-state index in [-0.39, 0.29) is 0 Å². The molecule has 2 aromatic heterocycles. The molecule has 0 saturated carbocycles. The Hall–Kier alpha value is -2.77. The van der Waals surface area contributed by atoms with Crippen LogP contribution in [0, 0.1) is 0 Å². The van der Waals surface area contributed by atoms with Gasteiger partial charge < -0.3 is 9.73 Å². The minimum atomic E-state index is -0.502. The lowest BCUT2D eigenvalue weighted by Crippen LogP contribution is -2.42. The van der Waals surface area contributed by atoms with Crippen LogP contribution >= 0.6 is 11.6 Å². The average Bonchev–Trinajstić information content (AvgIpc) is 3.08. The maximum atomic E-state index is 12.4. The first-order valence-electron chi connectivity index (χ1n) is 7.74. The molecular formula is C17H15ClN4O3. The second kappa shape index (κ2) is 6.27. The van der Waals surface area contributed by atoms with Gasteiger partial charge in [0.1, 0.15) is 11.6 Å². The predicted octanol–water partition coefficient (Wildman–Crippen LogP) is 2.16. The largest absolute Gasteiger partial charge is 0.468 e. The van der Waals surface area contributed by atoms with Gasteiger partial charge in [-0.2, -0.15) is 0 Å². The zero-order valence-electron chi connectivity index (χ0n) is 13.2. The number of fused-ring (bicyclic) bond motifs is 1. The molecule has 1 aromatic carbocycles. The predicted molar refractivity (Wildman–Crippen MR) is 94.1 cm³/mol. The zero-order chi connectivity index (χ0) is 17.4. The Labute approximate surface area is 147 Å². The minimum absolute atomic E-state index is 0.394. The maximum Gasteiger partial charge on any atom is 0.334 e. The second-order valence-electron chi connectivity index (χ2n) is 5.80. The van der Waals surface area contributed by atoms with Crippen molar-refractivity contribution in [2.45, 2.75) is 13.1 Å². The molecule has 25 heavy (non-hydrogen) atoms. The van der Waals surface area contributed by atoms with E-state index in [1.54, 1.807) is 30.5 Å². The molecule has 7 nitrogen and oxygen atoms in total. The molecule has 0 spiro atoms. The van der Waals surface area contributed by atoms with Gasteiger partial charge in [-0.25, -0.2) is 9.36 Å². The van der Waals surface area contributed by atoms with E-state index in [4.69, 9.17) is 16.0 Å². The van der Waals surface area contributed by atoms with Crippen molar-refractivity contribution in [2.75, 3.05) is 12.0 Å². The van der Waals surface area contributed by atoms with Crippen molar-refractivity contribution in [2.24, 2.45) is 0 Å². The molecule has 1 aliphatic heterocycles. The molecule has 8 heteroatoms. The summed E-state index contributed by atoms with van der Waals surface area (Å²) >= 11 is 6.04. The van der Waals surface area contributed by atoms with Crippen LogP contribution in [-0.4, -0.2) is 21.1 Å². The molecule has 3 aromatic rings. The highest BCUT2D eigenvalue weighted by atomic mass is 35.5. The third kappa shape index (κ3) is 2.99. The molecule has 0 bridgehead atoms. The number of halogens is 1. The fraction of sp³-hybridized carbons (Fsp3) is 0.176. The molecule has 0 unspecified atom stereocenters. The van der Waals surface area contributed by atoms with Gasteiger partial charge >= 0.3 is 5.69 Å². The van der Waals surface area contributed by atoms with Crippen LogP contribution in [0.4, 0.5) is 5.82 Å². The fourth-order valence-electron chi connectivity index (χ4n) is 2.97. The van der Waals surface area contributed by atoms with Crippen LogP contribution < -0.4 is 16.6 Å². The Morgan fingerprint density at radius 1 is 1.20 bits per heavy atom. The quantitative estimate of drug-likeness (QED) is 0.749. The van der Waals surface area contributed by atoms with E-state index < -0.39 is 11.2 Å². The Morgan fingerprint density at radius 2 is 2.08 bits per heavy atom. The number of benzene rings is 1. The van der Waals surface area contributed by atoms with Gasteiger partial charge in [0.05, 0.1) is 30.7 Å². The molecule has 0 aliphatic carbocycles. The molecule has 0 saturated heterocycles. The Kier molecular flexibility index (Phi) is 3.95. The number of rotatable bonds is 3. The number of furan rings is 1. The van der Waals surface area contributed by atoms with E-state index in [9.17, 15) is 9.59 Å². The van der Waals surface area contributed by atoms with E-state index >= 15 is 0 Å². The van der Waals surface area contributed by atoms with Crippen molar-refractivity contribution in [3.63, 3.8) is 0 Å². The van der Waals surface area contributed by atoms with Crippen LogP contribution in [-0.2, 0) is 13.1 Å². The summed E-state index contributed by atoms with van der Waals surface area (Å²) in [6, 6.07) is 10.6. The molecule has 1 aliphatic rings. The first-order valence-corrected chi connectivity index (χ1v) is 8.12. The number of nitrogens with zero attached hydrogens (tertiary/aromatic N) is 2. The van der Waals surface area contributed by atoms with Crippen LogP contribution in [0.5, 0.6) is 0 Å². The van der Waals surface area contributed by atoms with Crippen molar-refractivity contribution < 1.29 is 4.42 Å². The van der Waals surface area contributed by atoms with E-state index in [2.05, 4.69) is 10.3 Å². The monoisotopic (exact) mass is 358 g/mol. The number of aromatic nitrogens is 2. The van der Waals surface area contributed by atoms with Crippen molar-refractivity contribution >= 4 is 17.4 Å². The van der Waals surface area contributed by atoms with Gasteiger partial charge in [0.25, 0.3) is 5.56 Å². The van der Waals surface area contributed by atoms with Crippen molar-refractivity contribution in [1.29, 1.82) is 0 Å². The number of nitrogens with one attached hydrogen (secondary N) is 2. The van der Waals surface area contributed by atoms with Crippen LogP contribution in [0.3, 0.4) is 0 Å². The summed E-state index contributed by atoms with van der Waals surface area (Å²) in [7, 11) is 0. The Balaban J connectivity index is 1.75. The van der Waals surface area contributed by atoms with E-state index in [0.29, 0.717) is 41.8 Å². The Bertz CT molecular complexity index is 1020. The molecule has 0 radical (unpaired) electrons. The molecule has 128 valence electrons. The lowest BCUT2D eigenvalue weighted by Gasteiger charge is -2.30. The van der Waals surface area contributed by atoms with Crippen LogP contribution in [0.2, 0.25) is 5.02 Å². The summed E-state index contributed by atoms with van der Waals surface area (Å²) in [5, 5.41) is 3.69. The first-order chi connectivity index (χ1) is 12.1. The topological polar surface area (TPSA) is 83.3 Å². The van der Waals surface area contributed by atoms with Gasteiger partial charge in [-0.3, -0.25) is 14.7 Å². The number of hydrogen-bond acceptors (Lipinski definition) is 5. The van der Waals surface area contributed by atoms with Crippen LogP contribution in [0.15, 0.2) is 56.7 Å². The summed E-state index contributed by atoms with van der Waals surface area (Å²) in [6.45, 7) is 1.45. The minimum Gasteiger partial charge on any atom is -0.468 e. The number of H-pyrrole nitrogens is 1. The third-order valence-electron chi connectivity index (χ3n) is 4.08. The van der Waals surface area contributed by atoms with Crippen molar-refractivity contribution in [1.82, 2.24) is 14.5 Å². The number of anilines is 1. The maximum absolute atomic E-state index is 12.4. The normalized spacial score (nSPS) is 14.1. The highest BCUT2D eigenvalue weighted by molar-refractivity contribution is 6.30. The van der Waals surface area contributed by atoms with Crippen LogP contribution in [0.1, 0.15) is 11.3 Å². The van der Waals surface area contributed by atoms with Gasteiger partial charge in [-0.15, -0.1) is 0 Å².